The van der Waals surface area contributed by atoms with Gasteiger partial charge < -0.3 is 14.8 Å². The van der Waals surface area contributed by atoms with Gasteiger partial charge in [-0.05, 0) is 19.1 Å². The molecule has 100 valence electrons. The fourth-order valence-corrected chi connectivity index (χ4v) is 2.36. The van der Waals surface area contributed by atoms with E-state index in [-0.39, 0.29) is 12.1 Å². The number of nitrogens with zero attached hydrogens (tertiary/aromatic N) is 2. The highest BCUT2D eigenvalue weighted by atomic mass is 16.5. The number of aryl methyl sites for hydroxylation is 1. The number of methoxy groups -OCH3 is 1. The number of ether oxygens (including phenoxy) is 2. The minimum atomic E-state index is 0.0647. The van der Waals surface area contributed by atoms with Gasteiger partial charge in [0.25, 0.3) is 0 Å². The fraction of sp³-hybridized carbons (Fsp3) is 0.429. The third kappa shape index (κ3) is 2.39. The van der Waals surface area contributed by atoms with Crippen molar-refractivity contribution in [3.8, 4) is 0 Å². The summed E-state index contributed by atoms with van der Waals surface area (Å²) in [5.74, 6) is 0.839. The third-order valence-corrected chi connectivity index (χ3v) is 3.44. The van der Waals surface area contributed by atoms with Gasteiger partial charge in [-0.25, -0.2) is 9.97 Å². The van der Waals surface area contributed by atoms with E-state index < -0.39 is 0 Å². The van der Waals surface area contributed by atoms with E-state index in [2.05, 4.69) is 34.3 Å². The molecule has 2 aromatic rings. The van der Waals surface area contributed by atoms with Crippen molar-refractivity contribution in [2.75, 3.05) is 25.6 Å². The van der Waals surface area contributed by atoms with E-state index in [1.54, 1.807) is 13.4 Å². The second-order valence-corrected chi connectivity index (χ2v) is 4.81. The van der Waals surface area contributed by atoms with Crippen molar-refractivity contribution < 1.29 is 9.47 Å². The summed E-state index contributed by atoms with van der Waals surface area (Å²) in [4.78, 5) is 8.63. The van der Waals surface area contributed by atoms with Gasteiger partial charge in [0.1, 0.15) is 18.2 Å². The summed E-state index contributed by atoms with van der Waals surface area (Å²) in [5, 5.41) is 4.44. The van der Waals surface area contributed by atoms with Gasteiger partial charge in [0.05, 0.1) is 24.8 Å². The Bertz CT molecular complexity index is 588. The van der Waals surface area contributed by atoms with Crippen LogP contribution in [0, 0.1) is 6.92 Å². The number of benzene rings is 1. The predicted molar refractivity (Wildman–Crippen MR) is 73.3 cm³/mol. The summed E-state index contributed by atoms with van der Waals surface area (Å²) < 4.78 is 10.8. The van der Waals surface area contributed by atoms with Crippen LogP contribution in [0.15, 0.2) is 24.5 Å². The first-order valence-corrected chi connectivity index (χ1v) is 6.36. The molecule has 0 amide bonds. The van der Waals surface area contributed by atoms with Crippen LogP contribution in [0.1, 0.15) is 5.56 Å². The van der Waals surface area contributed by atoms with Crippen molar-refractivity contribution in [2.24, 2.45) is 0 Å². The van der Waals surface area contributed by atoms with Gasteiger partial charge in [0.2, 0.25) is 0 Å². The number of aromatic nitrogens is 2. The maximum atomic E-state index is 5.44. The lowest BCUT2D eigenvalue weighted by Crippen LogP contribution is -2.33. The molecule has 5 heteroatoms. The highest BCUT2D eigenvalue weighted by Gasteiger charge is 2.28. The van der Waals surface area contributed by atoms with E-state index in [0.717, 1.165) is 16.7 Å². The summed E-state index contributed by atoms with van der Waals surface area (Å²) in [6.45, 7) is 3.32. The average molecular weight is 259 g/mol. The Hall–Kier alpha value is -1.72. The van der Waals surface area contributed by atoms with Gasteiger partial charge in [-0.3, -0.25) is 0 Å². The molecular weight excluding hydrogens is 242 g/mol. The lowest BCUT2D eigenvalue weighted by Gasteiger charge is -2.19. The molecule has 0 unspecified atom stereocenters. The average Bonchev–Trinajstić information content (AvgIpc) is 2.87. The van der Waals surface area contributed by atoms with Gasteiger partial charge >= 0.3 is 0 Å². The van der Waals surface area contributed by atoms with Gasteiger partial charge in [0, 0.05) is 12.5 Å². The molecule has 0 saturated carbocycles. The molecule has 1 aliphatic rings. The number of hydrogen-bond acceptors (Lipinski definition) is 5. The van der Waals surface area contributed by atoms with Crippen molar-refractivity contribution in [1.29, 1.82) is 0 Å². The van der Waals surface area contributed by atoms with Crippen LogP contribution in [0.2, 0.25) is 0 Å². The molecular formula is C14H17N3O2. The first kappa shape index (κ1) is 12.3. The molecule has 0 aliphatic carbocycles. The lowest BCUT2D eigenvalue weighted by atomic mass is 10.1. The molecule has 2 heterocycles. The number of hydrogen-bond donors (Lipinski definition) is 1. The van der Waals surface area contributed by atoms with E-state index in [0.29, 0.717) is 13.2 Å². The Kier molecular flexibility index (Phi) is 3.31. The van der Waals surface area contributed by atoms with Crippen LogP contribution in [0.4, 0.5) is 5.82 Å². The second kappa shape index (κ2) is 5.11. The van der Waals surface area contributed by atoms with Crippen molar-refractivity contribution in [3.63, 3.8) is 0 Å². The Morgan fingerprint density at radius 1 is 1.32 bits per heavy atom. The maximum absolute atomic E-state index is 5.44. The molecule has 0 spiro atoms. The van der Waals surface area contributed by atoms with E-state index >= 15 is 0 Å². The normalized spacial score (nSPS) is 22.8. The van der Waals surface area contributed by atoms with Gasteiger partial charge in [-0.1, -0.05) is 11.6 Å². The third-order valence-electron chi connectivity index (χ3n) is 3.44. The standard InChI is InChI=1S/C14H17N3O2/c1-9-3-4-11-10(5-9)14(16-8-15-11)17-12-6-19-7-13(12)18-2/h3-5,8,12-13H,6-7H2,1-2H3,(H,15,16,17)/t12-,13+/m0/s1. The van der Waals surface area contributed by atoms with Gasteiger partial charge in [-0.2, -0.15) is 0 Å². The second-order valence-electron chi connectivity index (χ2n) is 4.81. The van der Waals surface area contributed by atoms with Crippen molar-refractivity contribution in [3.05, 3.63) is 30.1 Å². The van der Waals surface area contributed by atoms with Gasteiger partial charge in [0.15, 0.2) is 0 Å². The first-order valence-electron chi connectivity index (χ1n) is 6.36. The molecule has 0 radical (unpaired) electrons. The van der Waals surface area contributed by atoms with Crippen LogP contribution >= 0.6 is 0 Å². The molecule has 1 fully saturated rings. The Labute approximate surface area is 112 Å². The number of nitrogens with one attached hydrogen (secondary N) is 1. The molecule has 1 aromatic heterocycles. The number of fused-ring (bicyclic) bond motifs is 1. The maximum Gasteiger partial charge on any atom is 0.137 e. The molecule has 0 bridgehead atoms. The topological polar surface area (TPSA) is 56.3 Å². The Morgan fingerprint density at radius 3 is 3.05 bits per heavy atom. The lowest BCUT2D eigenvalue weighted by molar-refractivity contribution is 0.0795. The quantitative estimate of drug-likeness (QED) is 0.910. The molecule has 2 atom stereocenters. The fourth-order valence-electron chi connectivity index (χ4n) is 2.36. The van der Waals surface area contributed by atoms with Crippen LogP contribution in [0.3, 0.4) is 0 Å². The van der Waals surface area contributed by atoms with Crippen LogP contribution in [-0.2, 0) is 9.47 Å². The van der Waals surface area contributed by atoms with E-state index in [1.165, 1.54) is 5.56 Å². The predicted octanol–water partition coefficient (Wildman–Crippen LogP) is 1.76. The minimum absolute atomic E-state index is 0.0647. The number of rotatable bonds is 3. The largest absolute Gasteiger partial charge is 0.377 e. The molecule has 3 rings (SSSR count). The smallest absolute Gasteiger partial charge is 0.137 e. The first-order chi connectivity index (χ1) is 9.28. The zero-order valence-electron chi connectivity index (χ0n) is 11.1. The molecule has 1 aromatic carbocycles. The molecule has 1 saturated heterocycles. The van der Waals surface area contributed by atoms with Crippen LogP contribution in [0.5, 0.6) is 0 Å². The SMILES string of the molecule is CO[C@@H]1COC[C@@H]1Nc1ncnc2ccc(C)cc12. The zero-order chi connectivity index (χ0) is 13.2. The van der Waals surface area contributed by atoms with E-state index in [4.69, 9.17) is 9.47 Å². The Morgan fingerprint density at radius 2 is 2.21 bits per heavy atom. The molecule has 5 nitrogen and oxygen atoms in total. The van der Waals surface area contributed by atoms with Crippen molar-refractivity contribution >= 4 is 16.7 Å². The summed E-state index contributed by atoms with van der Waals surface area (Å²) >= 11 is 0. The molecule has 19 heavy (non-hydrogen) atoms. The monoisotopic (exact) mass is 259 g/mol. The molecule has 1 N–H and O–H groups in total. The summed E-state index contributed by atoms with van der Waals surface area (Å²) in [6, 6.07) is 6.28. The summed E-state index contributed by atoms with van der Waals surface area (Å²) in [5.41, 5.74) is 2.13. The Balaban J connectivity index is 1.94. The summed E-state index contributed by atoms with van der Waals surface area (Å²) in [7, 11) is 1.70. The zero-order valence-corrected chi connectivity index (χ0v) is 11.1. The van der Waals surface area contributed by atoms with Crippen LogP contribution in [0.25, 0.3) is 10.9 Å². The van der Waals surface area contributed by atoms with Crippen molar-refractivity contribution in [1.82, 2.24) is 9.97 Å². The molecule has 1 aliphatic heterocycles. The van der Waals surface area contributed by atoms with E-state index in [9.17, 15) is 0 Å². The highest BCUT2D eigenvalue weighted by molar-refractivity contribution is 5.89. The highest BCUT2D eigenvalue weighted by Crippen LogP contribution is 2.23. The van der Waals surface area contributed by atoms with Crippen molar-refractivity contribution in [2.45, 2.75) is 19.1 Å². The van der Waals surface area contributed by atoms with Crippen LogP contribution in [-0.4, -0.2) is 42.4 Å². The number of anilines is 1. The van der Waals surface area contributed by atoms with Gasteiger partial charge in [-0.15, -0.1) is 0 Å². The van der Waals surface area contributed by atoms with Crippen LogP contribution < -0.4 is 5.32 Å². The van der Waals surface area contributed by atoms with E-state index in [1.807, 2.05) is 6.07 Å². The minimum Gasteiger partial charge on any atom is -0.377 e. The summed E-state index contributed by atoms with van der Waals surface area (Å²) in [6.07, 6.45) is 1.65.